The molecule has 1 atom stereocenters. The first kappa shape index (κ1) is 14.9. The first-order chi connectivity index (χ1) is 12.2. The van der Waals surface area contributed by atoms with Crippen LogP contribution in [0.15, 0.2) is 30.3 Å². The third-order valence-corrected chi connectivity index (χ3v) is 5.79. The molecule has 1 aliphatic rings. The number of imidazole rings is 1. The number of nitrogens with one attached hydrogen (secondary N) is 1. The van der Waals surface area contributed by atoms with Crippen LogP contribution < -0.4 is 5.32 Å². The molecule has 1 aliphatic heterocycles. The van der Waals surface area contributed by atoms with Gasteiger partial charge in [0.05, 0.1) is 28.2 Å². The van der Waals surface area contributed by atoms with Crippen molar-refractivity contribution in [2.24, 2.45) is 0 Å². The number of rotatable bonds is 2. The monoisotopic (exact) mass is 350 g/mol. The van der Waals surface area contributed by atoms with E-state index in [4.69, 9.17) is 14.7 Å². The summed E-state index contributed by atoms with van der Waals surface area (Å²) in [5.74, 6) is 1.02. The van der Waals surface area contributed by atoms with Gasteiger partial charge >= 0.3 is 0 Å². The molecule has 4 aromatic rings. The number of methoxy groups -OCH3 is 1. The van der Waals surface area contributed by atoms with Gasteiger partial charge in [-0.05, 0) is 37.6 Å². The van der Waals surface area contributed by atoms with Gasteiger partial charge in [-0.3, -0.25) is 0 Å². The predicted molar refractivity (Wildman–Crippen MR) is 102 cm³/mol. The maximum atomic E-state index is 5.42. The Bertz CT molecular complexity index is 1130. The minimum atomic E-state index is 0.129. The average Bonchev–Trinajstić information content (AvgIpc) is 3.13. The van der Waals surface area contributed by atoms with Crippen LogP contribution in [-0.2, 0) is 11.3 Å². The normalized spacial score (nSPS) is 16.0. The molecule has 126 valence electrons. The van der Waals surface area contributed by atoms with Gasteiger partial charge in [0, 0.05) is 18.2 Å². The topological polar surface area (TPSA) is 52.0 Å². The summed E-state index contributed by atoms with van der Waals surface area (Å²) in [7, 11) is 1.73. The van der Waals surface area contributed by atoms with Gasteiger partial charge in [-0.1, -0.05) is 12.1 Å². The van der Waals surface area contributed by atoms with E-state index in [1.165, 1.54) is 5.56 Å². The van der Waals surface area contributed by atoms with Crippen LogP contribution >= 0.6 is 11.3 Å². The number of hydrogen-bond acceptors (Lipinski definition) is 5. The minimum Gasteiger partial charge on any atom is -0.380 e. The van der Waals surface area contributed by atoms with Gasteiger partial charge in [-0.25, -0.2) is 9.97 Å². The van der Waals surface area contributed by atoms with Crippen molar-refractivity contribution in [2.45, 2.75) is 26.6 Å². The Morgan fingerprint density at radius 2 is 2.12 bits per heavy atom. The summed E-state index contributed by atoms with van der Waals surface area (Å²) < 4.78 is 7.70. The molecule has 6 heteroatoms. The van der Waals surface area contributed by atoms with Crippen LogP contribution in [0.5, 0.6) is 0 Å². The fraction of sp³-hybridized carbons (Fsp3) is 0.263. The number of benzene rings is 1. The summed E-state index contributed by atoms with van der Waals surface area (Å²) in [4.78, 5) is 11.9. The van der Waals surface area contributed by atoms with Gasteiger partial charge in [-0.2, -0.15) is 0 Å². The molecule has 0 saturated heterocycles. The largest absolute Gasteiger partial charge is 0.380 e. The zero-order valence-electron chi connectivity index (χ0n) is 14.3. The number of aryl methyl sites for hydroxylation is 1. The number of ether oxygens (including phenoxy) is 1. The highest BCUT2D eigenvalue weighted by Crippen LogP contribution is 2.48. The van der Waals surface area contributed by atoms with Crippen LogP contribution in [0.4, 0.5) is 5.69 Å². The molecule has 0 saturated carbocycles. The predicted octanol–water partition coefficient (Wildman–Crippen LogP) is 4.71. The highest BCUT2D eigenvalue weighted by atomic mass is 32.1. The molecular weight excluding hydrogens is 332 g/mol. The van der Waals surface area contributed by atoms with E-state index in [9.17, 15) is 0 Å². The molecule has 5 rings (SSSR count). The lowest BCUT2D eigenvalue weighted by Crippen LogP contribution is -2.20. The molecule has 1 unspecified atom stereocenters. The first-order valence-electron chi connectivity index (χ1n) is 8.33. The molecule has 4 heterocycles. The second-order valence-corrected chi connectivity index (χ2v) is 7.46. The summed E-state index contributed by atoms with van der Waals surface area (Å²) in [6.45, 7) is 4.78. The number of anilines is 1. The van der Waals surface area contributed by atoms with Gasteiger partial charge in [0.2, 0.25) is 0 Å². The Labute approximate surface area is 149 Å². The van der Waals surface area contributed by atoms with Crippen LogP contribution in [0, 0.1) is 6.92 Å². The molecule has 1 aromatic carbocycles. The van der Waals surface area contributed by atoms with Crippen LogP contribution in [-0.4, -0.2) is 21.6 Å². The molecule has 5 nitrogen and oxygen atoms in total. The summed E-state index contributed by atoms with van der Waals surface area (Å²) in [6, 6.07) is 10.4. The maximum absolute atomic E-state index is 5.42. The molecule has 0 aliphatic carbocycles. The number of hydrogen-bond donors (Lipinski definition) is 1. The van der Waals surface area contributed by atoms with E-state index in [0.717, 1.165) is 43.3 Å². The van der Waals surface area contributed by atoms with Crippen molar-refractivity contribution in [1.82, 2.24) is 14.5 Å². The van der Waals surface area contributed by atoms with Gasteiger partial charge in [0.15, 0.2) is 5.82 Å². The third kappa shape index (κ3) is 2.04. The molecule has 0 radical (unpaired) electrons. The zero-order valence-corrected chi connectivity index (χ0v) is 15.1. The molecule has 0 fully saturated rings. The molecular formula is C19H18N4OS. The Morgan fingerprint density at radius 1 is 1.28 bits per heavy atom. The zero-order chi connectivity index (χ0) is 17.1. The van der Waals surface area contributed by atoms with Crippen molar-refractivity contribution < 1.29 is 4.74 Å². The number of fused-ring (bicyclic) bond motifs is 7. The fourth-order valence-corrected chi connectivity index (χ4v) is 4.96. The van der Waals surface area contributed by atoms with Gasteiger partial charge < -0.3 is 14.6 Å². The maximum Gasteiger partial charge on any atom is 0.155 e. The summed E-state index contributed by atoms with van der Waals surface area (Å²) in [6.07, 6.45) is 0.129. The van der Waals surface area contributed by atoms with E-state index in [-0.39, 0.29) is 6.17 Å². The van der Waals surface area contributed by atoms with Gasteiger partial charge in [0.1, 0.15) is 11.0 Å². The van der Waals surface area contributed by atoms with Gasteiger partial charge in [0.25, 0.3) is 0 Å². The van der Waals surface area contributed by atoms with Gasteiger partial charge in [-0.15, -0.1) is 11.3 Å². The van der Waals surface area contributed by atoms with E-state index < -0.39 is 0 Å². The number of thiophene rings is 1. The van der Waals surface area contributed by atoms with Crippen molar-refractivity contribution in [3.8, 4) is 10.7 Å². The quantitative estimate of drug-likeness (QED) is 0.569. The number of para-hydroxylation sites is 2. The Kier molecular flexibility index (Phi) is 3.14. The Morgan fingerprint density at radius 3 is 2.96 bits per heavy atom. The molecule has 25 heavy (non-hydrogen) atoms. The van der Waals surface area contributed by atoms with E-state index >= 15 is 0 Å². The minimum absolute atomic E-state index is 0.129. The molecule has 0 spiro atoms. The molecule has 1 N–H and O–H groups in total. The Hall–Kier alpha value is -2.44. The number of pyridine rings is 1. The lowest BCUT2D eigenvalue weighted by molar-refractivity contribution is 0.186. The van der Waals surface area contributed by atoms with Crippen molar-refractivity contribution in [2.75, 3.05) is 12.4 Å². The van der Waals surface area contributed by atoms with Crippen molar-refractivity contribution in [1.29, 1.82) is 0 Å². The lowest BCUT2D eigenvalue weighted by Gasteiger charge is -2.25. The average molecular weight is 350 g/mol. The smallest absolute Gasteiger partial charge is 0.155 e. The lowest BCUT2D eigenvalue weighted by atomic mass is 10.1. The fourth-order valence-electron chi connectivity index (χ4n) is 3.75. The first-order valence-corrected chi connectivity index (χ1v) is 9.15. The van der Waals surface area contributed by atoms with Crippen LogP contribution in [0.3, 0.4) is 0 Å². The molecule has 0 bridgehead atoms. The Balaban J connectivity index is 1.86. The molecule has 0 amide bonds. The van der Waals surface area contributed by atoms with Crippen molar-refractivity contribution >= 4 is 38.3 Å². The second-order valence-electron chi connectivity index (χ2n) is 6.46. The van der Waals surface area contributed by atoms with Crippen LogP contribution in [0.25, 0.3) is 32.0 Å². The second kappa shape index (κ2) is 5.28. The number of nitrogens with zero attached hydrogens (tertiary/aromatic N) is 3. The molecule has 3 aromatic heterocycles. The van der Waals surface area contributed by atoms with Crippen LogP contribution in [0.2, 0.25) is 0 Å². The van der Waals surface area contributed by atoms with E-state index in [0.29, 0.717) is 6.61 Å². The standard InChI is InChI=1S/C19H18N4OS/c1-10-8-12(9-24-3)15-16-17(25-19(15)20-10)18-22-13-6-4-5-7-14(13)23(18)11(2)21-16/h4-8,11,21H,9H2,1-3H3. The summed E-state index contributed by atoms with van der Waals surface area (Å²) in [5, 5.41) is 4.84. The number of aromatic nitrogens is 3. The highest BCUT2D eigenvalue weighted by molar-refractivity contribution is 7.22. The van der Waals surface area contributed by atoms with Crippen LogP contribution in [0.1, 0.15) is 24.3 Å². The summed E-state index contributed by atoms with van der Waals surface area (Å²) >= 11 is 1.70. The summed E-state index contributed by atoms with van der Waals surface area (Å²) in [5.41, 5.74) is 5.50. The SMILES string of the molecule is COCc1cc(C)nc2sc3c(c12)NC(C)n1c-3nc2ccccc21. The van der Waals surface area contributed by atoms with E-state index in [1.807, 2.05) is 13.0 Å². The van der Waals surface area contributed by atoms with E-state index in [2.05, 4.69) is 41.1 Å². The third-order valence-electron chi connectivity index (χ3n) is 4.71. The van der Waals surface area contributed by atoms with Crippen molar-refractivity contribution in [3.63, 3.8) is 0 Å². The highest BCUT2D eigenvalue weighted by Gasteiger charge is 2.29. The van der Waals surface area contributed by atoms with E-state index in [1.54, 1.807) is 18.4 Å². The van der Waals surface area contributed by atoms with Crippen molar-refractivity contribution in [3.05, 3.63) is 41.6 Å².